The number of aryl methyl sites for hydroxylation is 1. The van der Waals surface area contributed by atoms with E-state index in [1.165, 1.54) is 5.56 Å². The maximum absolute atomic E-state index is 10.2. The van der Waals surface area contributed by atoms with Gasteiger partial charge in [-0.25, -0.2) is 15.0 Å². The Labute approximate surface area is 195 Å². The van der Waals surface area contributed by atoms with Crippen LogP contribution >= 0.6 is 0 Å². The third-order valence-electron chi connectivity index (χ3n) is 5.05. The lowest BCUT2D eigenvalue weighted by molar-refractivity contribution is 0.209. The zero-order chi connectivity index (χ0) is 23.3. The third kappa shape index (κ3) is 8.54. The fourth-order valence-electron chi connectivity index (χ4n) is 3.25. The van der Waals surface area contributed by atoms with E-state index in [4.69, 9.17) is 14.5 Å². The minimum atomic E-state index is -0.498. The number of hydrogen-bond acceptors (Lipinski definition) is 7. The van der Waals surface area contributed by atoms with Crippen LogP contribution in [0.5, 0.6) is 11.8 Å². The molecule has 0 aliphatic rings. The fourth-order valence-corrected chi connectivity index (χ4v) is 3.25. The van der Waals surface area contributed by atoms with Crippen molar-refractivity contribution in [3.63, 3.8) is 0 Å². The predicted octanol–water partition coefficient (Wildman–Crippen LogP) is 4.68. The summed E-state index contributed by atoms with van der Waals surface area (Å²) >= 11 is 0. The highest BCUT2D eigenvalue weighted by Crippen LogP contribution is 2.14. The maximum atomic E-state index is 10.2. The van der Waals surface area contributed by atoms with Gasteiger partial charge in [0.2, 0.25) is 0 Å². The predicted molar refractivity (Wildman–Crippen MR) is 130 cm³/mol. The van der Waals surface area contributed by atoms with Crippen LogP contribution in [0.15, 0.2) is 60.9 Å². The monoisotopic (exact) mass is 448 g/mol. The van der Waals surface area contributed by atoms with Gasteiger partial charge in [0.25, 0.3) is 0 Å². The lowest BCUT2D eigenvalue weighted by Gasteiger charge is -2.09. The van der Waals surface area contributed by atoms with Gasteiger partial charge >= 0.3 is 6.01 Å². The van der Waals surface area contributed by atoms with Crippen molar-refractivity contribution in [2.75, 3.05) is 19.0 Å². The number of aliphatic hydroxyl groups excluding tert-OH is 1. The number of benzene rings is 1. The first-order valence-electron chi connectivity index (χ1n) is 11.3. The van der Waals surface area contributed by atoms with E-state index in [1.54, 1.807) is 25.6 Å². The summed E-state index contributed by atoms with van der Waals surface area (Å²) in [6.07, 6.45) is 9.93. The van der Waals surface area contributed by atoms with Crippen LogP contribution < -0.4 is 14.8 Å². The highest BCUT2D eigenvalue weighted by molar-refractivity contribution is 5.47. The molecule has 1 aromatic carbocycles. The molecule has 1 unspecified atom stereocenters. The number of anilines is 1. The summed E-state index contributed by atoms with van der Waals surface area (Å²) in [6.45, 7) is 3.13. The Morgan fingerprint density at radius 1 is 1.06 bits per heavy atom. The zero-order valence-corrected chi connectivity index (χ0v) is 19.3. The topological polar surface area (TPSA) is 89.4 Å². The highest BCUT2D eigenvalue weighted by Gasteiger charge is 2.03. The van der Waals surface area contributed by atoms with Gasteiger partial charge in [0.05, 0.1) is 19.8 Å². The molecular weight excluding hydrogens is 416 g/mol. The van der Waals surface area contributed by atoms with Gasteiger partial charge in [0, 0.05) is 30.2 Å². The van der Waals surface area contributed by atoms with E-state index >= 15 is 0 Å². The van der Waals surface area contributed by atoms with Crippen molar-refractivity contribution in [3.8, 4) is 11.8 Å². The van der Waals surface area contributed by atoms with Crippen molar-refractivity contribution in [1.82, 2.24) is 15.0 Å². The molecule has 3 aromatic rings. The Balaban J connectivity index is 1.37. The van der Waals surface area contributed by atoms with Crippen LogP contribution in [-0.2, 0) is 13.0 Å². The van der Waals surface area contributed by atoms with Crippen molar-refractivity contribution < 1.29 is 14.6 Å². The lowest BCUT2D eigenvalue weighted by atomic mass is 10.1. The number of ether oxygens (including phenoxy) is 2. The number of aliphatic hydroxyl groups is 1. The number of nitrogens with one attached hydrogen (secondary N) is 1. The van der Waals surface area contributed by atoms with Crippen molar-refractivity contribution in [2.24, 2.45) is 0 Å². The molecule has 2 aromatic heterocycles. The number of nitrogens with zero attached hydrogens (tertiary/aromatic N) is 3. The van der Waals surface area contributed by atoms with Crippen LogP contribution in [0, 0.1) is 0 Å². The molecule has 174 valence electrons. The molecule has 3 rings (SSSR count). The lowest BCUT2D eigenvalue weighted by Crippen LogP contribution is -2.04. The SMILES string of the molecule is CCOc1ncc(/C=C/C(O)CCCCc2cccc(NCc3ccc(OC)cc3)n2)cn1. The van der Waals surface area contributed by atoms with Gasteiger partial charge in [0.15, 0.2) is 0 Å². The number of unbranched alkanes of at least 4 members (excludes halogenated alkanes) is 1. The highest BCUT2D eigenvalue weighted by atomic mass is 16.5. The average Bonchev–Trinajstić information content (AvgIpc) is 2.86. The Bertz CT molecular complexity index is 991. The summed E-state index contributed by atoms with van der Waals surface area (Å²) in [6, 6.07) is 14.4. The first kappa shape index (κ1) is 24.2. The molecule has 2 N–H and O–H groups in total. The van der Waals surface area contributed by atoms with Gasteiger partial charge in [-0.1, -0.05) is 36.8 Å². The number of hydrogen-bond donors (Lipinski definition) is 2. The van der Waals surface area contributed by atoms with Gasteiger partial charge in [-0.15, -0.1) is 0 Å². The summed E-state index contributed by atoms with van der Waals surface area (Å²) in [4.78, 5) is 12.9. The van der Waals surface area contributed by atoms with Crippen molar-refractivity contribution in [2.45, 2.75) is 45.3 Å². The van der Waals surface area contributed by atoms with Crippen LogP contribution in [0.1, 0.15) is 43.0 Å². The molecule has 0 saturated heterocycles. The van der Waals surface area contributed by atoms with Gasteiger partial charge in [-0.3, -0.25) is 0 Å². The summed E-state index contributed by atoms with van der Waals surface area (Å²) in [5.74, 6) is 1.72. The number of aromatic nitrogens is 3. The van der Waals surface area contributed by atoms with E-state index in [-0.39, 0.29) is 0 Å². The van der Waals surface area contributed by atoms with Crippen LogP contribution in [0.2, 0.25) is 0 Å². The molecule has 0 aliphatic heterocycles. The minimum absolute atomic E-state index is 0.365. The van der Waals surface area contributed by atoms with E-state index in [0.29, 0.717) is 25.6 Å². The summed E-state index contributed by atoms with van der Waals surface area (Å²) < 4.78 is 10.4. The fraction of sp³-hybridized carbons (Fsp3) is 0.346. The van der Waals surface area contributed by atoms with Crippen LogP contribution in [-0.4, -0.2) is 39.9 Å². The summed E-state index contributed by atoms with van der Waals surface area (Å²) in [5.41, 5.74) is 3.05. The van der Waals surface area contributed by atoms with Gasteiger partial charge < -0.3 is 19.9 Å². The first-order chi connectivity index (χ1) is 16.2. The summed E-state index contributed by atoms with van der Waals surface area (Å²) in [5, 5.41) is 13.6. The second-order valence-electron chi connectivity index (χ2n) is 7.62. The molecule has 7 nitrogen and oxygen atoms in total. The van der Waals surface area contributed by atoms with E-state index in [2.05, 4.69) is 15.3 Å². The quantitative estimate of drug-likeness (QED) is 0.367. The second-order valence-corrected chi connectivity index (χ2v) is 7.62. The maximum Gasteiger partial charge on any atom is 0.316 e. The van der Waals surface area contributed by atoms with E-state index in [0.717, 1.165) is 42.1 Å². The summed E-state index contributed by atoms with van der Waals surface area (Å²) in [7, 11) is 1.67. The van der Waals surface area contributed by atoms with Crippen molar-refractivity contribution >= 4 is 11.9 Å². The number of rotatable bonds is 13. The Kier molecular flexibility index (Phi) is 9.66. The average molecular weight is 449 g/mol. The molecule has 0 radical (unpaired) electrons. The van der Waals surface area contributed by atoms with Gasteiger partial charge in [-0.2, -0.15) is 0 Å². The molecule has 0 amide bonds. The molecule has 0 saturated carbocycles. The normalized spacial score (nSPS) is 12.0. The molecule has 33 heavy (non-hydrogen) atoms. The van der Waals surface area contributed by atoms with Crippen molar-refractivity contribution in [3.05, 3.63) is 77.8 Å². The van der Waals surface area contributed by atoms with Gasteiger partial charge in [0.1, 0.15) is 11.6 Å². The van der Waals surface area contributed by atoms with Gasteiger partial charge in [-0.05, 0) is 56.0 Å². The van der Waals surface area contributed by atoms with Crippen LogP contribution in [0.4, 0.5) is 5.82 Å². The van der Waals surface area contributed by atoms with E-state index < -0.39 is 6.10 Å². The molecular formula is C26H32N4O3. The van der Waals surface area contributed by atoms with E-state index in [9.17, 15) is 5.11 Å². The second kappa shape index (κ2) is 13.2. The molecule has 0 bridgehead atoms. The van der Waals surface area contributed by atoms with Crippen molar-refractivity contribution in [1.29, 1.82) is 0 Å². The molecule has 0 spiro atoms. The number of methoxy groups -OCH3 is 1. The molecule has 0 fully saturated rings. The van der Waals surface area contributed by atoms with Crippen LogP contribution in [0.3, 0.4) is 0 Å². The Morgan fingerprint density at radius 2 is 1.85 bits per heavy atom. The smallest absolute Gasteiger partial charge is 0.316 e. The molecule has 2 heterocycles. The molecule has 1 atom stereocenters. The largest absolute Gasteiger partial charge is 0.497 e. The zero-order valence-electron chi connectivity index (χ0n) is 19.3. The standard InChI is InChI=1S/C26H32N4O3/c1-3-33-26-28-18-21(19-29-26)11-14-23(31)9-5-4-7-22-8-6-10-25(30-22)27-17-20-12-15-24(32-2)16-13-20/h6,8,10-16,18-19,23,31H,3-5,7,9,17H2,1-2H3,(H,27,30)/b14-11+. The Morgan fingerprint density at radius 3 is 2.58 bits per heavy atom. The Hall–Kier alpha value is -3.45. The molecule has 0 aliphatic carbocycles. The first-order valence-corrected chi connectivity index (χ1v) is 11.3. The molecule has 7 heteroatoms. The van der Waals surface area contributed by atoms with Crippen LogP contribution in [0.25, 0.3) is 6.08 Å². The minimum Gasteiger partial charge on any atom is -0.497 e. The number of pyridine rings is 1. The van der Waals surface area contributed by atoms with E-state index in [1.807, 2.05) is 55.5 Å². The third-order valence-corrected chi connectivity index (χ3v) is 5.05.